The van der Waals surface area contributed by atoms with Gasteiger partial charge < -0.3 is 9.64 Å². The monoisotopic (exact) mass is 267 g/mol. The molecular weight excluding hydrogens is 246 g/mol. The molecule has 0 bridgehead atoms. The molecule has 2 fully saturated rings. The first-order chi connectivity index (χ1) is 8.81. The molecule has 0 saturated carbocycles. The van der Waals surface area contributed by atoms with Crippen LogP contribution in [-0.4, -0.2) is 60.2 Å². The van der Waals surface area contributed by atoms with Crippen LogP contribution in [0.1, 0.15) is 19.3 Å². The summed E-state index contributed by atoms with van der Waals surface area (Å²) >= 11 is 1.59. The second-order valence-corrected chi connectivity index (χ2v) is 6.21. The Morgan fingerprint density at radius 1 is 1.28 bits per heavy atom. The van der Waals surface area contributed by atoms with Crippen molar-refractivity contribution in [3.63, 3.8) is 0 Å². The number of aromatic nitrogens is 1. The first kappa shape index (κ1) is 12.4. The van der Waals surface area contributed by atoms with Crippen molar-refractivity contribution < 1.29 is 4.74 Å². The number of piperidine rings is 1. The highest BCUT2D eigenvalue weighted by Crippen LogP contribution is 2.24. The van der Waals surface area contributed by atoms with Gasteiger partial charge in [0.25, 0.3) is 5.19 Å². The van der Waals surface area contributed by atoms with Crippen LogP contribution in [-0.2, 0) is 0 Å². The quantitative estimate of drug-likeness (QED) is 0.833. The van der Waals surface area contributed by atoms with Crippen LogP contribution in [0.2, 0.25) is 0 Å². The normalized spacial score (nSPS) is 27.7. The van der Waals surface area contributed by atoms with Gasteiger partial charge in [-0.1, -0.05) is 11.3 Å². The fraction of sp³-hybridized carbons (Fsp3) is 0.769. The van der Waals surface area contributed by atoms with E-state index in [9.17, 15) is 0 Å². The highest BCUT2D eigenvalue weighted by atomic mass is 32.1. The van der Waals surface area contributed by atoms with Crippen LogP contribution in [0.3, 0.4) is 0 Å². The lowest BCUT2D eigenvalue weighted by Gasteiger charge is -2.34. The highest BCUT2D eigenvalue weighted by molar-refractivity contribution is 7.11. The van der Waals surface area contributed by atoms with Gasteiger partial charge in [0.2, 0.25) is 0 Å². The number of hydrogen-bond acceptors (Lipinski definition) is 5. The Hall–Kier alpha value is -0.650. The second-order valence-electron chi connectivity index (χ2n) is 5.36. The Balaban J connectivity index is 1.49. The van der Waals surface area contributed by atoms with Gasteiger partial charge in [-0.3, -0.25) is 4.90 Å². The van der Waals surface area contributed by atoms with Crippen molar-refractivity contribution in [3.05, 3.63) is 11.6 Å². The standard InChI is InChI=1S/C13H21N3OS/c1-15-6-2-11(3-7-15)16-8-4-12(10-16)17-13-14-5-9-18-13/h5,9,11-12H,2-4,6-8,10H2,1H3. The van der Waals surface area contributed by atoms with E-state index >= 15 is 0 Å². The SMILES string of the molecule is CN1CCC(N2CCC(Oc3nccs3)C2)CC1. The molecule has 0 aliphatic carbocycles. The Labute approximate surface area is 113 Å². The molecule has 2 aliphatic rings. The van der Waals surface area contributed by atoms with Crippen molar-refractivity contribution in [1.29, 1.82) is 0 Å². The zero-order valence-corrected chi connectivity index (χ0v) is 11.7. The average Bonchev–Trinajstić information content (AvgIpc) is 3.02. The summed E-state index contributed by atoms with van der Waals surface area (Å²) in [5.41, 5.74) is 0. The van der Waals surface area contributed by atoms with Crippen LogP contribution >= 0.6 is 11.3 Å². The fourth-order valence-corrected chi connectivity index (χ4v) is 3.50. The van der Waals surface area contributed by atoms with E-state index in [1.165, 1.54) is 32.5 Å². The molecular formula is C13H21N3OS. The molecule has 0 amide bonds. The number of thiazole rings is 1. The molecule has 1 aromatic rings. The van der Waals surface area contributed by atoms with E-state index in [1.807, 2.05) is 11.6 Å². The Bertz CT molecular complexity index is 362. The van der Waals surface area contributed by atoms with Crippen molar-refractivity contribution in [2.24, 2.45) is 0 Å². The van der Waals surface area contributed by atoms with Gasteiger partial charge in [-0.05, 0) is 39.4 Å². The predicted molar refractivity (Wildman–Crippen MR) is 73.2 cm³/mol. The summed E-state index contributed by atoms with van der Waals surface area (Å²) < 4.78 is 5.91. The molecule has 100 valence electrons. The molecule has 18 heavy (non-hydrogen) atoms. The van der Waals surface area contributed by atoms with Crippen LogP contribution < -0.4 is 4.74 Å². The van der Waals surface area contributed by atoms with Crippen LogP contribution in [0, 0.1) is 0 Å². The molecule has 5 heteroatoms. The summed E-state index contributed by atoms with van der Waals surface area (Å²) in [7, 11) is 2.22. The molecule has 0 radical (unpaired) electrons. The lowest BCUT2D eigenvalue weighted by molar-refractivity contribution is 0.126. The van der Waals surface area contributed by atoms with E-state index in [0.717, 1.165) is 24.2 Å². The summed E-state index contributed by atoms with van der Waals surface area (Å²) in [4.78, 5) is 9.24. The van der Waals surface area contributed by atoms with Crippen molar-refractivity contribution in [3.8, 4) is 5.19 Å². The van der Waals surface area contributed by atoms with Gasteiger partial charge in [0, 0.05) is 30.7 Å². The zero-order chi connectivity index (χ0) is 12.4. The first-order valence-electron chi connectivity index (χ1n) is 6.80. The van der Waals surface area contributed by atoms with E-state index in [-0.39, 0.29) is 0 Å². The number of rotatable bonds is 3. The van der Waals surface area contributed by atoms with Crippen molar-refractivity contribution in [1.82, 2.24) is 14.8 Å². The van der Waals surface area contributed by atoms with E-state index in [0.29, 0.717) is 6.10 Å². The predicted octanol–water partition coefficient (Wildman–Crippen LogP) is 1.69. The number of likely N-dealkylation sites (tertiary alicyclic amines) is 2. The molecule has 2 saturated heterocycles. The molecule has 2 aliphatic heterocycles. The minimum absolute atomic E-state index is 0.343. The molecule has 0 N–H and O–H groups in total. The molecule has 3 rings (SSSR count). The van der Waals surface area contributed by atoms with Crippen LogP contribution in [0.4, 0.5) is 0 Å². The maximum absolute atomic E-state index is 5.91. The molecule has 1 aromatic heterocycles. The van der Waals surface area contributed by atoms with Gasteiger partial charge >= 0.3 is 0 Å². The molecule has 0 aromatic carbocycles. The van der Waals surface area contributed by atoms with E-state index in [4.69, 9.17) is 4.74 Å². The largest absolute Gasteiger partial charge is 0.465 e. The van der Waals surface area contributed by atoms with Gasteiger partial charge in [-0.25, -0.2) is 4.98 Å². The number of nitrogens with zero attached hydrogens (tertiary/aromatic N) is 3. The first-order valence-corrected chi connectivity index (χ1v) is 7.68. The van der Waals surface area contributed by atoms with Gasteiger partial charge in [0.15, 0.2) is 0 Å². The topological polar surface area (TPSA) is 28.6 Å². The minimum Gasteiger partial charge on any atom is -0.465 e. The van der Waals surface area contributed by atoms with E-state index < -0.39 is 0 Å². The van der Waals surface area contributed by atoms with E-state index in [2.05, 4.69) is 21.8 Å². The van der Waals surface area contributed by atoms with Crippen molar-refractivity contribution in [2.45, 2.75) is 31.4 Å². The fourth-order valence-electron chi connectivity index (χ4n) is 2.95. The number of ether oxygens (including phenoxy) is 1. The molecule has 1 unspecified atom stereocenters. The van der Waals surface area contributed by atoms with E-state index in [1.54, 1.807) is 11.3 Å². The lowest BCUT2D eigenvalue weighted by atomic mass is 10.0. The van der Waals surface area contributed by atoms with Gasteiger partial charge in [0.05, 0.1) is 0 Å². The number of hydrogen-bond donors (Lipinski definition) is 0. The smallest absolute Gasteiger partial charge is 0.273 e. The van der Waals surface area contributed by atoms with Gasteiger partial charge in [-0.2, -0.15) is 0 Å². The summed E-state index contributed by atoms with van der Waals surface area (Å²) in [6.45, 7) is 4.73. The third-order valence-corrected chi connectivity index (χ3v) is 4.72. The summed E-state index contributed by atoms with van der Waals surface area (Å²) in [5.74, 6) is 0. The lowest BCUT2D eigenvalue weighted by Crippen LogP contribution is -2.43. The Kier molecular flexibility index (Phi) is 3.82. The third-order valence-electron chi connectivity index (χ3n) is 4.06. The highest BCUT2D eigenvalue weighted by Gasteiger charge is 2.31. The van der Waals surface area contributed by atoms with Gasteiger partial charge in [0.1, 0.15) is 6.10 Å². The average molecular weight is 267 g/mol. The Morgan fingerprint density at radius 2 is 2.11 bits per heavy atom. The maximum Gasteiger partial charge on any atom is 0.273 e. The molecule has 4 nitrogen and oxygen atoms in total. The molecule has 3 heterocycles. The summed E-state index contributed by atoms with van der Waals surface area (Å²) in [6, 6.07) is 0.770. The van der Waals surface area contributed by atoms with Crippen LogP contribution in [0.5, 0.6) is 5.19 Å². The molecule has 0 spiro atoms. The Morgan fingerprint density at radius 3 is 2.83 bits per heavy atom. The zero-order valence-electron chi connectivity index (χ0n) is 10.9. The van der Waals surface area contributed by atoms with Crippen LogP contribution in [0.15, 0.2) is 11.6 Å². The second kappa shape index (κ2) is 5.55. The third kappa shape index (κ3) is 2.84. The minimum atomic E-state index is 0.343. The van der Waals surface area contributed by atoms with Crippen molar-refractivity contribution in [2.75, 3.05) is 33.2 Å². The van der Waals surface area contributed by atoms with Gasteiger partial charge in [-0.15, -0.1) is 0 Å². The van der Waals surface area contributed by atoms with Crippen LogP contribution in [0.25, 0.3) is 0 Å². The van der Waals surface area contributed by atoms with Crippen molar-refractivity contribution >= 4 is 11.3 Å². The maximum atomic E-state index is 5.91. The molecule has 1 atom stereocenters. The summed E-state index contributed by atoms with van der Waals surface area (Å²) in [6.07, 6.45) is 5.91. The summed E-state index contributed by atoms with van der Waals surface area (Å²) in [5, 5.41) is 2.80.